The second-order valence-corrected chi connectivity index (χ2v) is 5.56. The van der Waals surface area contributed by atoms with E-state index in [0.717, 1.165) is 12.8 Å². The minimum atomic E-state index is -0.311. The monoisotopic (exact) mass is 299 g/mol. The number of benzene rings is 1. The Bertz CT molecular complexity index is 475. The lowest BCUT2D eigenvalue weighted by molar-refractivity contribution is -0.142. The lowest BCUT2D eigenvalue weighted by Gasteiger charge is -2.28. The zero-order valence-corrected chi connectivity index (χ0v) is 12.3. The van der Waals surface area contributed by atoms with Crippen molar-refractivity contribution in [1.82, 2.24) is 4.90 Å². The van der Waals surface area contributed by atoms with Crippen LogP contribution in [-0.2, 0) is 16.1 Å². The fraction of sp³-hybridized carbons (Fsp3) is 0.533. The highest BCUT2D eigenvalue weighted by Crippen LogP contribution is 2.27. The minimum absolute atomic E-state index is 0.216. The zero-order valence-electron chi connectivity index (χ0n) is 11.6. The summed E-state index contributed by atoms with van der Waals surface area (Å²) in [6.45, 7) is 0.685. The molecule has 0 N–H and O–H groups in total. The van der Waals surface area contributed by atoms with Crippen molar-refractivity contribution in [2.45, 2.75) is 38.3 Å². The van der Waals surface area contributed by atoms with E-state index in [0.29, 0.717) is 23.2 Å². The topological polar surface area (TPSA) is 29.5 Å². The molecule has 1 aromatic rings. The summed E-state index contributed by atoms with van der Waals surface area (Å²) in [5.74, 6) is -0.585. The van der Waals surface area contributed by atoms with Crippen molar-refractivity contribution >= 4 is 17.6 Å². The number of ether oxygens (including phenoxy) is 1. The lowest BCUT2D eigenvalue weighted by atomic mass is 10.1. The Morgan fingerprint density at radius 1 is 1.45 bits per heavy atom. The first-order valence-electron chi connectivity index (χ1n) is 6.85. The van der Waals surface area contributed by atoms with Gasteiger partial charge in [-0.3, -0.25) is 9.69 Å². The maximum absolute atomic E-state index is 13.3. The van der Waals surface area contributed by atoms with Gasteiger partial charge in [0.2, 0.25) is 0 Å². The van der Waals surface area contributed by atoms with Crippen molar-refractivity contribution in [2.75, 3.05) is 13.7 Å². The van der Waals surface area contributed by atoms with Gasteiger partial charge in [-0.15, -0.1) is 0 Å². The zero-order chi connectivity index (χ0) is 14.5. The molecule has 5 heteroatoms. The Labute approximate surface area is 123 Å². The van der Waals surface area contributed by atoms with Crippen LogP contribution in [0.4, 0.5) is 4.39 Å². The average molecular weight is 300 g/mol. The summed E-state index contributed by atoms with van der Waals surface area (Å²) in [5.41, 5.74) is 0.711. The van der Waals surface area contributed by atoms with Gasteiger partial charge < -0.3 is 4.74 Å². The normalized spacial score (nSPS) is 15.8. The third kappa shape index (κ3) is 3.93. The van der Waals surface area contributed by atoms with Crippen molar-refractivity contribution < 1.29 is 13.9 Å². The molecule has 1 aromatic carbocycles. The van der Waals surface area contributed by atoms with Crippen LogP contribution in [0, 0.1) is 5.82 Å². The van der Waals surface area contributed by atoms with Crippen LogP contribution in [0.3, 0.4) is 0 Å². The molecule has 1 fully saturated rings. The highest BCUT2D eigenvalue weighted by Gasteiger charge is 2.25. The van der Waals surface area contributed by atoms with Crippen molar-refractivity contribution in [2.24, 2.45) is 0 Å². The molecule has 0 unspecified atom stereocenters. The molecule has 0 bridgehead atoms. The largest absolute Gasteiger partial charge is 0.468 e. The molecule has 0 atom stereocenters. The number of hydrogen-bond donors (Lipinski definition) is 0. The molecule has 1 saturated carbocycles. The summed E-state index contributed by atoms with van der Waals surface area (Å²) < 4.78 is 18.1. The number of methoxy groups -OCH3 is 1. The molecule has 0 aromatic heterocycles. The van der Waals surface area contributed by atoms with Crippen molar-refractivity contribution in [1.29, 1.82) is 0 Å². The first-order valence-corrected chi connectivity index (χ1v) is 7.22. The van der Waals surface area contributed by atoms with Gasteiger partial charge in [-0.05, 0) is 36.6 Å². The third-order valence-electron chi connectivity index (χ3n) is 3.78. The summed E-state index contributed by atoms with van der Waals surface area (Å²) in [5, 5.41) is 0.527. The quantitative estimate of drug-likeness (QED) is 0.781. The molecule has 0 radical (unpaired) electrons. The van der Waals surface area contributed by atoms with Crippen LogP contribution in [-0.4, -0.2) is 30.6 Å². The number of hydrogen-bond acceptors (Lipinski definition) is 3. The Hall–Kier alpha value is -1.13. The van der Waals surface area contributed by atoms with E-state index in [1.807, 2.05) is 4.90 Å². The molecule has 0 aliphatic heterocycles. The van der Waals surface area contributed by atoms with Gasteiger partial charge in [0, 0.05) is 17.6 Å². The Morgan fingerprint density at radius 3 is 2.80 bits per heavy atom. The molecule has 1 aliphatic carbocycles. The Balaban J connectivity index is 2.13. The molecule has 0 saturated heterocycles. The van der Waals surface area contributed by atoms with Crippen LogP contribution in [0.1, 0.15) is 31.2 Å². The average Bonchev–Trinajstić information content (AvgIpc) is 2.96. The minimum Gasteiger partial charge on any atom is -0.468 e. The van der Waals surface area contributed by atoms with Gasteiger partial charge in [0.25, 0.3) is 0 Å². The fourth-order valence-electron chi connectivity index (χ4n) is 2.70. The highest BCUT2D eigenvalue weighted by atomic mass is 35.5. The van der Waals surface area contributed by atoms with E-state index in [4.69, 9.17) is 16.3 Å². The van der Waals surface area contributed by atoms with Gasteiger partial charge in [-0.2, -0.15) is 0 Å². The molecular weight excluding hydrogens is 281 g/mol. The second kappa shape index (κ2) is 7.04. The second-order valence-electron chi connectivity index (χ2n) is 5.16. The third-order valence-corrected chi connectivity index (χ3v) is 4.15. The predicted octanol–water partition coefficient (Wildman–Crippen LogP) is 3.40. The van der Waals surface area contributed by atoms with Crippen LogP contribution in [0.15, 0.2) is 18.2 Å². The van der Waals surface area contributed by atoms with E-state index in [2.05, 4.69) is 0 Å². The van der Waals surface area contributed by atoms with Gasteiger partial charge in [0.15, 0.2) is 0 Å². The first kappa shape index (κ1) is 15.3. The summed E-state index contributed by atoms with van der Waals surface area (Å²) in [7, 11) is 1.38. The van der Waals surface area contributed by atoms with Gasteiger partial charge in [0.1, 0.15) is 5.82 Å². The van der Waals surface area contributed by atoms with Crippen molar-refractivity contribution in [3.05, 3.63) is 34.6 Å². The maximum Gasteiger partial charge on any atom is 0.319 e. The van der Waals surface area contributed by atoms with Crippen LogP contribution in [0.5, 0.6) is 0 Å². The lowest BCUT2D eigenvalue weighted by Crippen LogP contribution is -2.37. The number of esters is 1. The van der Waals surface area contributed by atoms with E-state index < -0.39 is 0 Å². The molecule has 2 rings (SSSR count). The number of carbonyl (C=O) groups is 1. The number of halogens is 2. The van der Waals surface area contributed by atoms with E-state index >= 15 is 0 Å². The molecule has 0 spiro atoms. The molecule has 1 aliphatic rings. The molecular formula is C15H19ClFNO2. The first-order chi connectivity index (χ1) is 9.60. The standard InChI is InChI=1S/C15H19ClFNO2/c1-20-15(19)10-18(13-4-2-3-5-13)9-11-8-12(17)6-7-14(11)16/h6-8,13H,2-5,9-10H2,1H3. The smallest absolute Gasteiger partial charge is 0.319 e. The predicted molar refractivity (Wildman–Crippen MR) is 76.1 cm³/mol. The number of rotatable bonds is 5. The SMILES string of the molecule is COC(=O)CN(Cc1cc(F)ccc1Cl)C1CCCC1. The van der Waals surface area contributed by atoms with Crippen LogP contribution >= 0.6 is 11.6 Å². The van der Waals surface area contributed by atoms with Crippen LogP contribution < -0.4 is 0 Å². The molecule has 3 nitrogen and oxygen atoms in total. The van der Waals surface area contributed by atoms with Crippen LogP contribution in [0.25, 0.3) is 0 Å². The highest BCUT2D eigenvalue weighted by molar-refractivity contribution is 6.31. The van der Waals surface area contributed by atoms with E-state index in [9.17, 15) is 9.18 Å². The molecule has 0 heterocycles. The fourth-order valence-corrected chi connectivity index (χ4v) is 2.87. The summed E-state index contributed by atoms with van der Waals surface area (Å²) >= 11 is 6.11. The maximum atomic E-state index is 13.3. The molecule has 0 amide bonds. The van der Waals surface area contributed by atoms with Crippen molar-refractivity contribution in [3.63, 3.8) is 0 Å². The van der Waals surface area contributed by atoms with Gasteiger partial charge >= 0.3 is 5.97 Å². The Morgan fingerprint density at radius 2 is 2.15 bits per heavy atom. The van der Waals surface area contributed by atoms with E-state index in [1.165, 1.54) is 32.1 Å². The summed E-state index contributed by atoms with van der Waals surface area (Å²) in [6, 6.07) is 4.67. The van der Waals surface area contributed by atoms with E-state index in [-0.39, 0.29) is 18.3 Å². The summed E-state index contributed by atoms with van der Waals surface area (Å²) in [4.78, 5) is 13.6. The number of nitrogens with zero attached hydrogens (tertiary/aromatic N) is 1. The number of carbonyl (C=O) groups excluding carboxylic acids is 1. The molecule has 20 heavy (non-hydrogen) atoms. The summed E-state index contributed by atoms with van der Waals surface area (Å²) in [6.07, 6.45) is 4.45. The van der Waals surface area contributed by atoms with Crippen LogP contribution in [0.2, 0.25) is 5.02 Å². The van der Waals surface area contributed by atoms with Gasteiger partial charge in [0.05, 0.1) is 13.7 Å². The Kier molecular flexibility index (Phi) is 5.38. The van der Waals surface area contributed by atoms with Crippen molar-refractivity contribution in [3.8, 4) is 0 Å². The van der Waals surface area contributed by atoms with Gasteiger partial charge in [-0.25, -0.2) is 4.39 Å². The molecule has 110 valence electrons. The van der Waals surface area contributed by atoms with Gasteiger partial charge in [-0.1, -0.05) is 24.4 Å². The van der Waals surface area contributed by atoms with E-state index in [1.54, 1.807) is 6.07 Å².